The normalized spacial score (nSPS) is 16.5. The number of pyridine rings is 2. The lowest BCUT2D eigenvalue weighted by Crippen LogP contribution is -2.27. The monoisotopic (exact) mass is 572 g/mol. The fraction of sp³-hybridized carbons (Fsp3) is 0.278. The van der Waals surface area contributed by atoms with Gasteiger partial charge in [0.2, 0.25) is 5.91 Å². The molecule has 0 aromatic carbocycles. The van der Waals surface area contributed by atoms with Crippen molar-refractivity contribution in [1.29, 1.82) is 5.41 Å². The summed E-state index contributed by atoms with van der Waals surface area (Å²) in [5.74, 6) is 0.527. The fourth-order valence-corrected chi connectivity index (χ4v) is 5.76. The van der Waals surface area contributed by atoms with Crippen LogP contribution >= 0.6 is 0 Å². The van der Waals surface area contributed by atoms with Crippen molar-refractivity contribution in [2.75, 3.05) is 5.73 Å². The lowest BCUT2D eigenvalue weighted by Gasteiger charge is -2.14. The molecule has 7 heteroatoms. The third-order valence-electron chi connectivity index (χ3n) is 8.19. The summed E-state index contributed by atoms with van der Waals surface area (Å²) in [6.07, 6.45) is 20.3. The number of nitrogen functional groups attached to an aromatic ring is 1. The topological polar surface area (TPSA) is 121 Å². The standard InChI is InChI=1S/C36H40N6O/c1-5-22(2)16-27(18-24(4)41-36(43)26-8-6-7-9-26)28-19-31(35(38)40-21-28)34(37)33-20-30-29(25-12-14-39-15-13-25)11-10-23(3)17-32(30)42-33/h5,10-16,18-22,26,37,42H,1,6-9,17H2,2-4H3,(H2,38,40)(H,41,43)/b24-18+,27-16+,37-34?/t22-/m0/s1. The molecule has 3 heterocycles. The molecule has 43 heavy (non-hydrogen) atoms. The number of rotatable bonds is 9. The van der Waals surface area contributed by atoms with Crippen LogP contribution in [-0.2, 0) is 11.2 Å². The molecule has 0 spiro atoms. The van der Waals surface area contributed by atoms with Gasteiger partial charge in [-0.05, 0) is 79.7 Å². The van der Waals surface area contributed by atoms with Crippen molar-refractivity contribution in [1.82, 2.24) is 20.3 Å². The average Bonchev–Trinajstić information content (AvgIpc) is 3.66. The quantitative estimate of drug-likeness (QED) is 0.124. The number of fused-ring (bicyclic) bond motifs is 1. The van der Waals surface area contributed by atoms with Gasteiger partial charge < -0.3 is 16.0 Å². The molecular weight excluding hydrogens is 532 g/mol. The first-order valence-corrected chi connectivity index (χ1v) is 14.9. The van der Waals surface area contributed by atoms with Gasteiger partial charge in [-0.3, -0.25) is 15.2 Å². The number of H-pyrrole nitrogens is 1. The van der Waals surface area contributed by atoms with Crippen LogP contribution in [0.2, 0.25) is 0 Å². The number of nitrogens with one attached hydrogen (secondary N) is 3. The summed E-state index contributed by atoms with van der Waals surface area (Å²) < 4.78 is 0. The van der Waals surface area contributed by atoms with E-state index in [9.17, 15) is 10.2 Å². The van der Waals surface area contributed by atoms with Gasteiger partial charge in [-0.15, -0.1) is 6.58 Å². The molecule has 220 valence electrons. The summed E-state index contributed by atoms with van der Waals surface area (Å²) in [7, 11) is 0. The first-order chi connectivity index (χ1) is 20.7. The lowest BCUT2D eigenvalue weighted by molar-refractivity contribution is -0.124. The van der Waals surface area contributed by atoms with E-state index in [1.165, 1.54) is 5.57 Å². The molecule has 1 amide bonds. The fourth-order valence-electron chi connectivity index (χ4n) is 5.76. The minimum Gasteiger partial charge on any atom is -0.383 e. The maximum absolute atomic E-state index is 12.8. The number of nitrogens with zero attached hydrogens (tertiary/aromatic N) is 2. The maximum atomic E-state index is 12.8. The van der Waals surface area contributed by atoms with Crippen molar-refractivity contribution >= 4 is 28.6 Å². The molecule has 0 bridgehead atoms. The van der Waals surface area contributed by atoms with Crippen LogP contribution in [0.3, 0.4) is 0 Å². The summed E-state index contributed by atoms with van der Waals surface area (Å²) in [6, 6.07) is 7.93. The minimum atomic E-state index is 0.0806. The van der Waals surface area contributed by atoms with Gasteiger partial charge >= 0.3 is 0 Å². The van der Waals surface area contributed by atoms with Gasteiger partial charge in [0.05, 0.1) is 11.4 Å². The highest BCUT2D eigenvalue weighted by Gasteiger charge is 2.23. The largest absolute Gasteiger partial charge is 0.383 e. The number of carbonyl (C=O) groups is 1. The van der Waals surface area contributed by atoms with E-state index in [0.717, 1.165) is 71.3 Å². The summed E-state index contributed by atoms with van der Waals surface area (Å²) in [6.45, 7) is 10.0. The van der Waals surface area contributed by atoms with Crippen molar-refractivity contribution < 1.29 is 4.79 Å². The summed E-state index contributed by atoms with van der Waals surface area (Å²) in [5, 5.41) is 12.3. The molecule has 0 aliphatic heterocycles. The van der Waals surface area contributed by atoms with E-state index in [1.54, 1.807) is 18.6 Å². The highest BCUT2D eigenvalue weighted by atomic mass is 16.1. The Morgan fingerprint density at radius 3 is 2.67 bits per heavy atom. The zero-order chi connectivity index (χ0) is 30.5. The van der Waals surface area contributed by atoms with Crippen LogP contribution in [0.15, 0.2) is 91.1 Å². The Morgan fingerprint density at radius 2 is 1.95 bits per heavy atom. The van der Waals surface area contributed by atoms with Crippen LogP contribution in [0.5, 0.6) is 0 Å². The van der Waals surface area contributed by atoms with E-state index >= 15 is 0 Å². The molecule has 0 radical (unpaired) electrons. The van der Waals surface area contributed by atoms with Crippen molar-refractivity contribution in [3.63, 3.8) is 0 Å². The van der Waals surface area contributed by atoms with E-state index in [-0.39, 0.29) is 29.3 Å². The number of nitrogens with two attached hydrogens (primary N) is 1. The van der Waals surface area contributed by atoms with Crippen LogP contribution < -0.4 is 11.1 Å². The SMILES string of the molecule is C=C[C@H](C)/C=C(\C=C(/C)NC(=O)C1CCCC1)c1cnc(N)c(C(=N)c2cc3c([nH]2)CC(C)=CC=C3c2ccncc2)c1. The van der Waals surface area contributed by atoms with Crippen molar-refractivity contribution in [2.45, 2.75) is 52.9 Å². The van der Waals surface area contributed by atoms with Gasteiger partial charge in [0.1, 0.15) is 5.82 Å². The number of anilines is 1. The number of carbonyl (C=O) groups excluding carboxylic acids is 1. The van der Waals surface area contributed by atoms with Crippen LogP contribution in [0, 0.1) is 17.2 Å². The van der Waals surface area contributed by atoms with Gasteiger partial charge in [-0.1, -0.05) is 49.6 Å². The molecule has 5 N–H and O–H groups in total. The second-order valence-corrected chi connectivity index (χ2v) is 11.6. The Morgan fingerprint density at radius 1 is 1.21 bits per heavy atom. The van der Waals surface area contributed by atoms with Gasteiger partial charge in [0.15, 0.2) is 0 Å². The zero-order valence-electron chi connectivity index (χ0n) is 25.2. The number of aromatic nitrogens is 3. The van der Waals surface area contributed by atoms with Gasteiger partial charge in [0, 0.05) is 59.0 Å². The maximum Gasteiger partial charge on any atom is 0.227 e. The molecule has 1 fully saturated rings. The minimum absolute atomic E-state index is 0.0806. The summed E-state index contributed by atoms with van der Waals surface area (Å²) >= 11 is 0. The number of allylic oxidation sites excluding steroid dienone is 8. The van der Waals surface area contributed by atoms with Crippen LogP contribution in [0.25, 0.3) is 11.1 Å². The van der Waals surface area contributed by atoms with Gasteiger partial charge in [-0.2, -0.15) is 0 Å². The molecule has 2 aliphatic carbocycles. The second-order valence-electron chi connectivity index (χ2n) is 11.6. The van der Waals surface area contributed by atoms with Gasteiger partial charge in [-0.25, -0.2) is 4.98 Å². The molecule has 3 aromatic rings. The number of aromatic amines is 1. The highest BCUT2D eigenvalue weighted by molar-refractivity contribution is 6.13. The molecule has 2 aliphatic rings. The predicted octanol–water partition coefficient (Wildman–Crippen LogP) is 7.15. The zero-order valence-corrected chi connectivity index (χ0v) is 25.2. The summed E-state index contributed by atoms with van der Waals surface area (Å²) in [4.78, 5) is 25.0. The third-order valence-corrected chi connectivity index (χ3v) is 8.19. The highest BCUT2D eigenvalue weighted by Crippen LogP contribution is 2.33. The van der Waals surface area contributed by atoms with E-state index < -0.39 is 0 Å². The Labute approximate surface area is 253 Å². The average molecular weight is 573 g/mol. The number of amides is 1. The molecular formula is C36H40N6O. The van der Waals surface area contributed by atoms with Gasteiger partial charge in [0.25, 0.3) is 0 Å². The molecule has 1 saturated carbocycles. The Hall–Kier alpha value is -4.78. The number of hydrogen-bond acceptors (Lipinski definition) is 5. The smallest absolute Gasteiger partial charge is 0.227 e. The molecule has 0 saturated heterocycles. The van der Waals surface area contributed by atoms with Crippen molar-refractivity contribution in [3.05, 3.63) is 125 Å². The first kappa shape index (κ1) is 29.7. The van der Waals surface area contributed by atoms with Crippen molar-refractivity contribution in [3.8, 4) is 0 Å². The van der Waals surface area contributed by atoms with E-state index in [4.69, 9.17) is 5.73 Å². The first-order valence-electron chi connectivity index (χ1n) is 14.9. The summed E-state index contributed by atoms with van der Waals surface area (Å²) in [5.41, 5.74) is 15.8. The predicted molar refractivity (Wildman–Crippen MR) is 175 cm³/mol. The van der Waals surface area contributed by atoms with Crippen LogP contribution in [0.4, 0.5) is 5.82 Å². The number of hydrogen-bond donors (Lipinski definition) is 4. The molecule has 0 unspecified atom stereocenters. The third kappa shape index (κ3) is 6.83. The Bertz CT molecular complexity index is 1660. The van der Waals surface area contributed by atoms with E-state index in [1.807, 2.05) is 43.3 Å². The van der Waals surface area contributed by atoms with Crippen LogP contribution in [0.1, 0.15) is 80.1 Å². The second kappa shape index (κ2) is 13.0. The Kier molecular flexibility index (Phi) is 9.00. The van der Waals surface area contributed by atoms with E-state index in [0.29, 0.717) is 11.3 Å². The van der Waals surface area contributed by atoms with Crippen molar-refractivity contribution in [2.24, 2.45) is 11.8 Å². The Balaban J connectivity index is 1.48. The molecule has 1 atom stereocenters. The molecule has 3 aromatic heterocycles. The lowest BCUT2D eigenvalue weighted by atomic mass is 9.96. The van der Waals surface area contributed by atoms with Crippen LogP contribution in [-0.4, -0.2) is 26.6 Å². The van der Waals surface area contributed by atoms with E-state index in [2.05, 4.69) is 58.9 Å². The molecule has 7 nitrogen and oxygen atoms in total. The molecule has 5 rings (SSSR count).